The lowest BCUT2D eigenvalue weighted by Gasteiger charge is -2.38. The summed E-state index contributed by atoms with van der Waals surface area (Å²) in [5, 5.41) is 3.15. The molecule has 4 rings (SSSR count). The summed E-state index contributed by atoms with van der Waals surface area (Å²) in [5.74, 6) is -0.473. The SMILES string of the molecule is CCC1=C(C(=O)OC)[C@H](c2ccccc2Cl)N2C(CC(=O)N3CCN(C(C)=O)CC3)=CSC2=N1. The average Bonchev–Trinajstić information content (AvgIpc) is 3.25. The second-order valence-electron chi connectivity index (χ2n) is 8.18. The zero-order valence-electron chi connectivity index (χ0n) is 19.4. The molecule has 3 heterocycles. The molecule has 0 saturated carbocycles. The summed E-state index contributed by atoms with van der Waals surface area (Å²) < 4.78 is 5.13. The van der Waals surface area contributed by atoms with Gasteiger partial charge in [-0.05, 0) is 23.5 Å². The second kappa shape index (κ2) is 10.2. The van der Waals surface area contributed by atoms with Gasteiger partial charge in [-0.3, -0.25) is 9.59 Å². The fourth-order valence-corrected chi connectivity index (χ4v) is 5.62. The number of hydrogen-bond acceptors (Lipinski definition) is 7. The molecule has 0 bridgehead atoms. The number of fused-ring (bicyclic) bond motifs is 1. The van der Waals surface area contributed by atoms with Gasteiger partial charge >= 0.3 is 5.97 Å². The molecule has 0 unspecified atom stereocenters. The van der Waals surface area contributed by atoms with E-state index in [1.165, 1.54) is 18.9 Å². The number of aliphatic imine (C=N–C) groups is 1. The summed E-state index contributed by atoms with van der Waals surface area (Å²) in [6.45, 7) is 5.55. The van der Waals surface area contributed by atoms with E-state index in [1.807, 2.05) is 35.4 Å². The Bertz CT molecular complexity index is 1110. The van der Waals surface area contributed by atoms with E-state index in [1.54, 1.807) is 22.8 Å². The third-order valence-electron chi connectivity index (χ3n) is 6.24. The number of benzene rings is 1. The molecule has 1 aromatic carbocycles. The molecule has 0 aliphatic carbocycles. The first kappa shape index (κ1) is 24.3. The van der Waals surface area contributed by atoms with E-state index in [0.29, 0.717) is 54.1 Å². The number of carbonyl (C=O) groups is 3. The highest BCUT2D eigenvalue weighted by Gasteiger charge is 2.42. The number of esters is 1. The maximum Gasteiger partial charge on any atom is 0.338 e. The smallest absolute Gasteiger partial charge is 0.338 e. The summed E-state index contributed by atoms with van der Waals surface area (Å²) in [7, 11) is 1.35. The lowest BCUT2D eigenvalue weighted by atomic mass is 9.92. The number of methoxy groups -OCH3 is 1. The number of allylic oxidation sites excluding steroid dienone is 1. The zero-order chi connectivity index (χ0) is 24.4. The Morgan fingerprint density at radius 3 is 2.44 bits per heavy atom. The van der Waals surface area contributed by atoms with Crippen molar-refractivity contribution >= 4 is 46.3 Å². The zero-order valence-corrected chi connectivity index (χ0v) is 21.0. The van der Waals surface area contributed by atoms with E-state index < -0.39 is 12.0 Å². The Kier molecular flexibility index (Phi) is 7.33. The summed E-state index contributed by atoms with van der Waals surface area (Å²) in [5.41, 5.74) is 2.58. The van der Waals surface area contributed by atoms with Crippen molar-refractivity contribution in [1.29, 1.82) is 0 Å². The predicted molar refractivity (Wildman–Crippen MR) is 132 cm³/mol. The molecule has 1 aromatic rings. The Morgan fingerprint density at radius 2 is 1.82 bits per heavy atom. The minimum Gasteiger partial charge on any atom is -0.466 e. The topological polar surface area (TPSA) is 82.5 Å². The van der Waals surface area contributed by atoms with Gasteiger partial charge in [-0.2, -0.15) is 0 Å². The molecule has 34 heavy (non-hydrogen) atoms. The van der Waals surface area contributed by atoms with Crippen LogP contribution in [-0.4, -0.2) is 70.9 Å². The number of amides is 2. The van der Waals surface area contributed by atoms with Crippen molar-refractivity contribution in [2.45, 2.75) is 32.7 Å². The number of amidine groups is 1. The van der Waals surface area contributed by atoms with E-state index in [9.17, 15) is 14.4 Å². The second-order valence-corrected chi connectivity index (χ2v) is 9.43. The molecule has 10 heteroatoms. The monoisotopic (exact) mass is 502 g/mol. The van der Waals surface area contributed by atoms with Crippen molar-refractivity contribution in [3.05, 3.63) is 57.2 Å². The number of carbonyl (C=O) groups excluding carboxylic acids is 3. The molecular weight excluding hydrogens is 476 g/mol. The van der Waals surface area contributed by atoms with Crippen LogP contribution in [0.1, 0.15) is 38.3 Å². The van der Waals surface area contributed by atoms with Gasteiger partial charge in [-0.15, -0.1) is 0 Å². The third kappa shape index (κ3) is 4.59. The first-order valence-corrected chi connectivity index (χ1v) is 12.4. The number of ether oxygens (including phenoxy) is 1. The molecule has 1 fully saturated rings. The molecule has 2 amide bonds. The van der Waals surface area contributed by atoms with Crippen molar-refractivity contribution in [2.24, 2.45) is 4.99 Å². The van der Waals surface area contributed by atoms with E-state index in [2.05, 4.69) is 0 Å². The molecule has 0 radical (unpaired) electrons. The standard InChI is InChI=1S/C24H27ClN4O4S/c1-4-19-21(23(32)33-3)22(17-7-5-6-8-18(17)25)29-16(14-34-24(29)26-19)13-20(31)28-11-9-27(10-12-28)15(2)30/h5-8,14,22H,4,9-13H2,1-3H3/t22-/m0/s1. The number of thioether (sulfide) groups is 1. The first-order chi connectivity index (χ1) is 16.3. The van der Waals surface area contributed by atoms with Crippen LogP contribution in [-0.2, 0) is 19.1 Å². The van der Waals surface area contributed by atoms with Gasteiger partial charge in [0.05, 0.1) is 30.8 Å². The molecule has 8 nitrogen and oxygen atoms in total. The summed E-state index contributed by atoms with van der Waals surface area (Å²) in [6.07, 6.45) is 0.709. The van der Waals surface area contributed by atoms with Gasteiger partial charge in [0.15, 0.2) is 5.17 Å². The van der Waals surface area contributed by atoms with Gasteiger partial charge in [-0.25, -0.2) is 9.79 Å². The molecule has 1 saturated heterocycles. The number of piperazine rings is 1. The van der Waals surface area contributed by atoms with Crippen molar-refractivity contribution < 1.29 is 19.1 Å². The highest BCUT2D eigenvalue weighted by Crippen LogP contribution is 2.46. The van der Waals surface area contributed by atoms with Gasteiger partial charge in [0.1, 0.15) is 0 Å². The van der Waals surface area contributed by atoms with Crippen LogP contribution in [0, 0.1) is 0 Å². The molecule has 0 aromatic heterocycles. The van der Waals surface area contributed by atoms with E-state index in [4.69, 9.17) is 21.3 Å². The summed E-state index contributed by atoms with van der Waals surface area (Å²) >= 11 is 8.02. The Balaban J connectivity index is 1.64. The van der Waals surface area contributed by atoms with Crippen molar-refractivity contribution in [1.82, 2.24) is 14.7 Å². The Hall–Kier alpha value is -2.78. The largest absolute Gasteiger partial charge is 0.466 e. The van der Waals surface area contributed by atoms with E-state index >= 15 is 0 Å². The van der Waals surface area contributed by atoms with Crippen molar-refractivity contribution in [2.75, 3.05) is 33.3 Å². The quantitative estimate of drug-likeness (QED) is 0.572. The molecule has 0 N–H and O–H groups in total. The number of halogens is 1. The van der Waals surface area contributed by atoms with Gasteiger partial charge in [-0.1, -0.05) is 48.5 Å². The number of hydrogen-bond donors (Lipinski definition) is 0. The molecule has 1 atom stereocenters. The Labute approximate surface area is 208 Å². The van der Waals surface area contributed by atoms with Crippen LogP contribution >= 0.6 is 23.4 Å². The van der Waals surface area contributed by atoms with Crippen LogP contribution in [0.5, 0.6) is 0 Å². The fourth-order valence-electron chi connectivity index (χ4n) is 4.44. The fraction of sp³-hybridized carbons (Fsp3) is 0.417. The lowest BCUT2D eigenvalue weighted by molar-refractivity contribution is -0.138. The molecule has 3 aliphatic rings. The lowest BCUT2D eigenvalue weighted by Crippen LogP contribution is -2.50. The molecule has 180 valence electrons. The molecule has 3 aliphatic heterocycles. The maximum absolute atomic E-state index is 13.2. The van der Waals surface area contributed by atoms with Crippen molar-refractivity contribution in [3.63, 3.8) is 0 Å². The minimum absolute atomic E-state index is 0.0209. The van der Waals surface area contributed by atoms with Crippen LogP contribution in [0.15, 0.2) is 51.6 Å². The maximum atomic E-state index is 13.2. The normalized spacial score (nSPS) is 20.1. The minimum atomic E-state index is -0.549. The molecular formula is C24H27ClN4O4S. The highest BCUT2D eigenvalue weighted by molar-refractivity contribution is 8.16. The summed E-state index contributed by atoms with van der Waals surface area (Å²) in [6, 6.07) is 6.84. The number of rotatable bonds is 5. The van der Waals surface area contributed by atoms with Crippen LogP contribution < -0.4 is 0 Å². The van der Waals surface area contributed by atoms with Crippen LogP contribution in [0.25, 0.3) is 0 Å². The van der Waals surface area contributed by atoms with Crippen LogP contribution in [0.4, 0.5) is 0 Å². The number of nitrogens with zero attached hydrogens (tertiary/aromatic N) is 4. The van der Waals surface area contributed by atoms with Crippen molar-refractivity contribution in [3.8, 4) is 0 Å². The van der Waals surface area contributed by atoms with Crippen LogP contribution in [0.3, 0.4) is 0 Å². The summed E-state index contributed by atoms with van der Waals surface area (Å²) in [4.78, 5) is 47.9. The third-order valence-corrected chi connectivity index (χ3v) is 7.47. The van der Waals surface area contributed by atoms with E-state index in [0.717, 1.165) is 11.3 Å². The van der Waals surface area contributed by atoms with E-state index in [-0.39, 0.29) is 18.2 Å². The van der Waals surface area contributed by atoms with Gasteiger partial charge in [0.2, 0.25) is 11.8 Å². The highest BCUT2D eigenvalue weighted by atomic mass is 35.5. The van der Waals surface area contributed by atoms with Gasteiger partial charge < -0.3 is 19.4 Å². The van der Waals surface area contributed by atoms with Gasteiger partial charge in [0, 0.05) is 43.8 Å². The Morgan fingerprint density at radius 1 is 1.15 bits per heavy atom. The first-order valence-electron chi connectivity index (χ1n) is 11.2. The average molecular weight is 503 g/mol. The van der Waals surface area contributed by atoms with Crippen LogP contribution in [0.2, 0.25) is 5.02 Å². The predicted octanol–water partition coefficient (Wildman–Crippen LogP) is 3.56. The molecule has 0 spiro atoms. The van der Waals surface area contributed by atoms with Gasteiger partial charge in [0.25, 0.3) is 0 Å².